The summed E-state index contributed by atoms with van der Waals surface area (Å²) < 4.78 is 0. The predicted molar refractivity (Wildman–Crippen MR) is 58.3 cm³/mol. The molecule has 0 fully saturated rings. The lowest BCUT2D eigenvalue weighted by atomic mass is 10.1. The Kier molecular flexibility index (Phi) is 3.46. The van der Waals surface area contributed by atoms with E-state index in [1.165, 1.54) is 11.3 Å². The molecule has 1 aromatic heterocycles. The molecule has 0 saturated heterocycles. The van der Waals surface area contributed by atoms with E-state index in [1.807, 2.05) is 6.92 Å². The Labute approximate surface area is 87.5 Å². The number of nitrogens with one attached hydrogen (secondary N) is 1. The molecule has 0 aliphatic rings. The van der Waals surface area contributed by atoms with Gasteiger partial charge in [0.15, 0.2) is 5.13 Å². The third kappa shape index (κ3) is 2.70. The van der Waals surface area contributed by atoms with Gasteiger partial charge in [0.1, 0.15) is 5.69 Å². The monoisotopic (exact) mass is 213 g/mol. The Balaban J connectivity index is 2.59. The number of hydrogen-bond acceptors (Lipinski definition) is 4. The highest BCUT2D eigenvalue weighted by molar-refractivity contribution is 7.13. The average Bonchev–Trinajstić information content (AvgIpc) is 2.51. The van der Waals surface area contributed by atoms with Gasteiger partial charge in [-0.3, -0.25) is 4.79 Å². The van der Waals surface area contributed by atoms with Crippen molar-refractivity contribution in [3.8, 4) is 0 Å². The minimum Gasteiger partial charge on any atom is -0.375 e. The average molecular weight is 213 g/mol. The number of amides is 1. The number of nitrogens with zero attached hydrogens (tertiary/aromatic N) is 1. The van der Waals surface area contributed by atoms with Gasteiger partial charge in [-0.1, -0.05) is 13.8 Å². The molecule has 4 nitrogen and oxygen atoms in total. The molecule has 0 aromatic carbocycles. The molecule has 0 bridgehead atoms. The van der Waals surface area contributed by atoms with Crippen LogP contribution in [0.3, 0.4) is 0 Å². The van der Waals surface area contributed by atoms with E-state index in [0.717, 1.165) is 0 Å². The number of rotatable bonds is 3. The third-order valence-corrected chi connectivity index (χ3v) is 2.79. The molecular weight excluding hydrogens is 198 g/mol. The second kappa shape index (κ2) is 4.41. The first kappa shape index (κ1) is 11.0. The molecule has 78 valence electrons. The predicted octanol–water partition coefficient (Wildman–Crippen LogP) is 1.50. The minimum atomic E-state index is -0.154. The zero-order valence-electron chi connectivity index (χ0n) is 8.57. The van der Waals surface area contributed by atoms with Crippen molar-refractivity contribution in [2.75, 3.05) is 5.73 Å². The van der Waals surface area contributed by atoms with E-state index in [4.69, 9.17) is 5.73 Å². The maximum absolute atomic E-state index is 11.6. The third-order valence-electron chi connectivity index (χ3n) is 2.11. The maximum Gasteiger partial charge on any atom is 0.271 e. The number of nitrogens with two attached hydrogens (primary N) is 1. The number of hydrogen-bond donors (Lipinski definition) is 2. The van der Waals surface area contributed by atoms with Gasteiger partial charge in [0.2, 0.25) is 0 Å². The second-order valence-electron chi connectivity index (χ2n) is 3.58. The molecule has 1 atom stereocenters. The summed E-state index contributed by atoms with van der Waals surface area (Å²) in [6.07, 6.45) is 0. The minimum absolute atomic E-state index is 0.144. The lowest BCUT2D eigenvalue weighted by Crippen LogP contribution is -2.36. The van der Waals surface area contributed by atoms with Gasteiger partial charge in [-0.2, -0.15) is 0 Å². The van der Waals surface area contributed by atoms with Crippen molar-refractivity contribution in [1.29, 1.82) is 0 Å². The van der Waals surface area contributed by atoms with E-state index in [0.29, 0.717) is 16.7 Å². The summed E-state index contributed by atoms with van der Waals surface area (Å²) >= 11 is 1.27. The van der Waals surface area contributed by atoms with Gasteiger partial charge in [-0.25, -0.2) is 4.98 Å². The van der Waals surface area contributed by atoms with Crippen LogP contribution in [-0.2, 0) is 0 Å². The molecule has 5 heteroatoms. The van der Waals surface area contributed by atoms with E-state index in [-0.39, 0.29) is 11.9 Å². The van der Waals surface area contributed by atoms with Gasteiger partial charge in [0.25, 0.3) is 5.91 Å². The van der Waals surface area contributed by atoms with Crippen LogP contribution >= 0.6 is 11.3 Å². The molecule has 0 saturated carbocycles. The highest BCUT2D eigenvalue weighted by Gasteiger charge is 2.14. The molecule has 0 radical (unpaired) electrons. The van der Waals surface area contributed by atoms with E-state index in [9.17, 15) is 4.79 Å². The SMILES string of the molecule is CC(C)C(C)NC(=O)c1csc(N)n1. The van der Waals surface area contributed by atoms with Crippen LogP contribution < -0.4 is 11.1 Å². The van der Waals surface area contributed by atoms with Gasteiger partial charge >= 0.3 is 0 Å². The molecule has 1 amide bonds. The van der Waals surface area contributed by atoms with Gasteiger partial charge in [0.05, 0.1) is 0 Å². The van der Waals surface area contributed by atoms with E-state index < -0.39 is 0 Å². The standard InChI is InChI=1S/C9H15N3OS/c1-5(2)6(3)11-8(13)7-4-14-9(10)12-7/h4-6H,1-3H3,(H2,10,12)(H,11,13). The largest absolute Gasteiger partial charge is 0.375 e. The lowest BCUT2D eigenvalue weighted by molar-refractivity contribution is 0.0926. The van der Waals surface area contributed by atoms with Crippen LogP contribution in [0.5, 0.6) is 0 Å². The summed E-state index contributed by atoms with van der Waals surface area (Å²) in [6.45, 7) is 6.08. The number of thiazole rings is 1. The van der Waals surface area contributed by atoms with Gasteiger partial charge in [-0.05, 0) is 12.8 Å². The zero-order chi connectivity index (χ0) is 10.7. The van der Waals surface area contributed by atoms with Crippen LogP contribution in [0, 0.1) is 5.92 Å². The molecule has 0 aliphatic carbocycles. The highest BCUT2D eigenvalue weighted by Crippen LogP contribution is 2.11. The summed E-state index contributed by atoms with van der Waals surface area (Å²) in [4.78, 5) is 15.5. The zero-order valence-corrected chi connectivity index (χ0v) is 9.39. The van der Waals surface area contributed by atoms with Crippen molar-refractivity contribution in [3.05, 3.63) is 11.1 Å². The molecule has 14 heavy (non-hydrogen) atoms. The number of aromatic nitrogens is 1. The normalized spacial score (nSPS) is 12.9. The first-order valence-electron chi connectivity index (χ1n) is 4.52. The Hall–Kier alpha value is -1.10. The van der Waals surface area contributed by atoms with E-state index in [2.05, 4.69) is 24.1 Å². The topological polar surface area (TPSA) is 68.0 Å². The Morgan fingerprint density at radius 3 is 2.64 bits per heavy atom. The first-order chi connectivity index (χ1) is 6.50. The first-order valence-corrected chi connectivity index (χ1v) is 5.40. The van der Waals surface area contributed by atoms with Crippen molar-refractivity contribution in [1.82, 2.24) is 10.3 Å². The number of nitrogen functional groups attached to an aromatic ring is 1. The molecule has 1 aromatic rings. The Morgan fingerprint density at radius 2 is 2.21 bits per heavy atom. The van der Waals surface area contributed by atoms with E-state index in [1.54, 1.807) is 5.38 Å². The molecular formula is C9H15N3OS. The van der Waals surface area contributed by atoms with Crippen LogP contribution in [0.1, 0.15) is 31.3 Å². The lowest BCUT2D eigenvalue weighted by Gasteiger charge is -2.16. The molecule has 0 spiro atoms. The van der Waals surface area contributed by atoms with Gasteiger partial charge < -0.3 is 11.1 Å². The van der Waals surface area contributed by atoms with Crippen molar-refractivity contribution in [2.45, 2.75) is 26.8 Å². The summed E-state index contributed by atoms with van der Waals surface area (Å²) in [7, 11) is 0. The maximum atomic E-state index is 11.6. The van der Waals surface area contributed by atoms with Gasteiger partial charge in [-0.15, -0.1) is 11.3 Å². The summed E-state index contributed by atoms with van der Waals surface area (Å²) in [6, 6.07) is 0.144. The van der Waals surface area contributed by atoms with Crippen LogP contribution in [0.25, 0.3) is 0 Å². The fourth-order valence-corrected chi connectivity index (χ4v) is 1.38. The van der Waals surface area contributed by atoms with Crippen LogP contribution in [0.4, 0.5) is 5.13 Å². The number of carbonyl (C=O) groups is 1. The summed E-state index contributed by atoms with van der Waals surface area (Å²) in [5, 5.41) is 4.95. The van der Waals surface area contributed by atoms with E-state index >= 15 is 0 Å². The van der Waals surface area contributed by atoms with Gasteiger partial charge in [0, 0.05) is 11.4 Å². The molecule has 0 aliphatic heterocycles. The van der Waals surface area contributed by atoms with Crippen LogP contribution in [0.15, 0.2) is 5.38 Å². The summed E-state index contributed by atoms with van der Waals surface area (Å²) in [5.74, 6) is 0.258. The smallest absolute Gasteiger partial charge is 0.271 e. The van der Waals surface area contributed by atoms with Crippen molar-refractivity contribution >= 4 is 22.4 Å². The summed E-state index contributed by atoms with van der Waals surface area (Å²) in [5.41, 5.74) is 5.84. The van der Waals surface area contributed by atoms with Crippen molar-refractivity contribution in [2.24, 2.45) is 5.92 Å². The molecule has 1 unspecified atom stereocenters. The Bertz CT molecular complexity index is 322. The van der Waals surface area contributed by atoms with Crippen LogP contribution in [-0.4, -0.2) is 16.9 Å². The number of carbonyl (C=O) groups excluding carboxylic acids is 1. The number of anilines is 1. The highest BCUT2D eigenvalue weighted by atomic mass is 32.1. The molecule has 3 N–H and O–H groups in total. The van der Waals surface area contributed by atoms with Crippen molar-refractivity contribution < 1.29 is 4.79 Å². The Morgan fingerprint density at radius 1 is 1.57 bits per heavy atom. The van der Waals surface area contributed by atoms with Crippen LogP contribution in [0.2, 0.25) is 0 Å². The fourth-order valence-electron chi connectivity index (χ4n) is 0.839. The fraction of sp³-hybridized carbons (Fsp3) is 0.556. The molecule has 1 rings (SSSR count). The van der Waals surface area contributed by atoms with Crippen molar-refractivity contribution in [3.63, 3.8) is 0 Å². The quantitative estimate of drug-likeness (QED) is 0.799. The second-order valence-corrected chi connectivity index (χ2v) is 4.47. The molecule has 1 heterocycles.